The Balaban J connectivity index is 1.09. The quantitative estimate of drug-likeness (QED) is 0.160. The lowest BCUT2D eigenvalue weighted by molar-refractivity contribution is 0.675. The first-order valence-electron chi connectivity index (χ1n) is 23.3. The fraction of sp³-hybridized carbons (Fsp3) is 0. The average Bonchev–Trinajstić information content (AvgIpc) is 4.09. The minimum atomic E-state index is 0.592. The van der Waals surface area contributed by atoms with Crippen molar-refractivity contribution < 1.29 is 4.42 Å². The lowest BCUT2D eigenvalue weighted by atomic mass is 9.92. The highest BCUT2D eigenvalue weighted by atomic mass is 16.3. The molecule has 14 aromatic rings. The molecular weight excluding hydrogens is 843 g/mol. The summed E-state index contributed by atoms with van der Waals surface area (Å²) in [6.45, 7) is 0. The molecule has 0 spiro atoms. The molecule has 0 fully saturated rings. The van der Waals surface area contributed by atoms with Crippen LogP contribution in [0.2, 0.25) is 0 Å². The van der Waals surface area contributed by atoms with Crippen molar-refractivity contribution in [3.05, 3.63) is 237 Å². The minimum Gasteiger partial charge on any atom is -0.453 e. The van der Waals surface area contributed by atoms with E-state index in [1.165, 1.54) is 5.39 Å². The molecule has 6 nitrogen and oxygen atoms in total. The number of para-hydroxylation sites is 3. The highest BCUT2D eigenvalue weighted by Crippen LogP contribution is 2.48. The summed E-state index contributed by atoms with van der Waals surface area (Å²) in [7, 11) is 0. The van der Waals surface area contributed by atoms with Crippen LogP contribution in [0, 0.1) is 0 Å². The Kier molecular flexibility index (Phi) is 8.79. The number of hydrogen-bond donors (Lipinski definition) is 0. The third-order valence-electron chi connectivity index (χ3n) is 13.6. The maximum absolute atomic E-state index is 7.37. The van der Waals surface area contributed by atoms with Gasteiger partial charge in [-0.2, -0.15) is 0 Å². The molecule has 0 saturated heterocycles. The molecule has 0 aliphatic heterocycles. The van der Waals surface area contributed by atoms with Crippen LogP contribution in [-0.4, -0.2) is 24.1 Å². The predicted octanol–water partition coefficient (Wildman–Crippen LogP) is 16.3. The summed E-state index contributed by atoms with van der Waals surface area (Å²) in [6, 6.07) is 83.2. The van der Waals surface area contributed by atoms with Gasteiger partial charge in [-0.25, -0.2) is 15.0 Å². The second kappa shape index (κ2) is 15.6. The van der Waals surface area contributed by atoms with Crippen molar-refractivity contribution in [3.63, 3.8) is 0 Å². The Bertz CT molecular complexity index is 4150. The fourth-order valence-corrected chi connectivity index (χ4v) is 10.5. The molecule has 6 heteroatoms. The van der Waals surface area contributed by atoms with Gasteiger partial charge in [-0.1, -0.05) is 182 Å². The maximum atomic E-state index is 7.37. The second-order valence-electron chi connectivity index (χ2n) is 17.5. The van der Waals surface area contributed by atoms with Crippen molar-refractivity contribution in [3.8, 4) is 67.8 Å². The van der Waals surface area contributed by atoms with Crippen LogP contribution in [0.1, 0.15) is 0 Å². The normalized spacial score (nSPS) is 11.8. The largest absolute Gasteiger partial charge is 0.453 e. The Morgan fingerprint density at radius 2 is 0.739 bits per heavy atom. The van der Waals surface area contributed by atoms with Gasteiger partial charge in [-0.15, -0.1) is 0 Å². The number of aromatic nitrogens is 5. The standard InChI is InChI=1S/C63H39N5O/c1-6-20-40(21-7-1)51-38-44(63-65-61(42-24-10-3-11-25-42)64-62(66-63)43-26-12-4-13-27-43)39-52(41-22-8-2-9-23-41)57(51)68-54-33-19-17-31-50(54)56-55(68)37-36-48-49-35-34-47-46-30-16-18-32-53(46)67(45-28-14-5-15-29-45)58(47)60(49)69-59(48)56/h1-39H. The highest BCUT2D eigenvalue weighted by molar-refractivity contribution is 6.28. The summed E-state index contributed by atoms with van der Waals surface area (Å²) >= 11 is 0. The molecule has 69 heavy (non-hydrogen) atoms. The van der Waals surface area contributed by atoms with Crippen LogP contribution in [-0.2, 0) is 0 Å². The lowest BCUT2D eigenvalue weighted by Gasteiger charge is -2.21. The number of hydrogen-bond acceptors (Lipinski definition) is 4. The van der Waals surface area contributed by atoms with Gasteiger partial charge < -0.3 is 13.6 Å². The summed E-state index contributed by atoms with van der Waals surface area (Å²) < 4.78 is 12.2. The van der Waals surface area contributed by atoms with E-state index in [9.17, 15) is 0 Å². The number of rotatable bonds is 7. The van der Waals surface area contributed by atoms with Crippen molar-refractivity contribution >= 4 is 65.6 Å². The van der Waals surface area contributed by atoms with E-state index >= 15 is 0 Å². The van der Waals surface area contributed by atoms with E-state index in [0.717, 1.165) is 110 Å². The van der Waals surface area contributed by atoms with Crippen LogP contribution in [0.5, 0.6) is 0 Å². The average molecular weight is 882 g/mol. The Morgan fingerprint density at radius 3 is 1.32 bits per heavy atom. The summed E-state index contributed by atoms with van der Waals surface area (Å²) in [5.74, 6) is 1.82. The van der Waals surface area contributed by atoms with Crippen molar-refractivity contribution in [1.82, 2.24) is 24.1 Å². The van der Waals surface area contributed by atoms with E-state index in [1.54, 1.807) is 0 Å². The summed E-state index contributed by atoms with van der Waals surface area (Å²) in [5.41, 5.74) is 15.1. The first-order valence-corrected chi connectivity index (χ1v) is 23.3. The molecule has 0 aliphatic carbocycles. The Labute approximate surface area is 396 Å². The lowest BCUT2D eigenvalue weighted by Crippen LogP contribution is -2.04. The predicted molar refractivity (Wildman–Crippen MR) is 283 cm³/mol. The van der Waals surface area contributed by atoms with E-state index in [0.29, 0.717) is 17.5 Å². The zero-order valence-corrected chi connectivity index (χ0v) is 37.2. The molecule has 0 aliphatic rings. The molecule has 0 saturated carbocycles. The molecular formula is C63H39N5O. The summed E-state index contributed by atoms with van der Waals surface area (Å²) in [4.78, 5) is 15.5. The molecule has 4 heterocycles. The topological polar surface area (TPSA) is 61.7 Å². The molecule has 14 rings (SSSR count). The third kappa shape index (κ3) is 6.16. The fourth-order valence-electron chi connectivity index (χ4n) is 10.5. The first-order chi connectivity index (χ1) is 34.2. The first kappa shape index (κ1) is 38.8. The molecule has 0 radical (unpaired) electrons. The SMILES string of the molecule is c1ccc(-c2nc(-c3ccccc3)nc(-c3cc(-c4ccccc4)c(-n4c5ccccc5c5c6oc7c(ccc8c9ccccc9n(-c9ccccc9)c87)c6ccc54)c(-c4ccccc4)c3)n2)cc1. The van der Waals surface area contributed by atoms with Gasteiger partial charge in [0.2, 0.25) is 0 Å². The zero-order chi connectivity index (χ0) is 45.4. The van der Waals surface area contributed by atoms with Crippen LogP contribution in [0.15, 0.2) is 241 Å². The second-order valence-corrected chi connectivity index (χ2v) is 17.5. The van der Waals surface area contributed by atoms with Gasteiger partial charge in [0.05, 0.1) is 33.1 Å². The number of nitrogens with zero attached hydrogens (tertiary/aromatic N) is 5. The van der Waals surface area contributed by atoms with Crippen LogP contribution in [0.25, 0.3) is 133 Å². The smallest absolute Gasteiger partial charge is 0.164 e. The van der Waals surface area contributed by atoms with E-state index in [4.69, 9.17) is 19.4 Å². The van der Waals surface area contributed by atoms with Crippen molar-refractivity contribution in [2.24, 2.45) is 0 Å². The molecule has 322 valence electrons. The molecule has 10 aromatic carbocycles. The van der Waals surface area contributed by atoms with Crippen LogP contribution < -0.4 is 0 Å². The minimum absolute atomic E-state index is 0.592. The summed E-state index contributed by atoms with van der Waals surface area (Å²) in [6.07, 6.45) is 0. The van der Waals surface area contributed by atoms with E-state index < -0.39 is 0 Å². The van der Waals surface area contributed by atoms with Gasteiger partial charge in [0.1, 0.15) is 5.58 Å². The molecule has 4 aromatic heterocycles. The van der Waals surface area contributed by atoms with Gasteiger partial charge in [-0.3, -0.25) is 0 Å². The van der Waals surface area contributed by atoms with Gasteiger partial charge in [-0.05, 0) is 65.7 Å². The number of benzene rings is 10. The Hall–Kier alpha value is -9.39. The van der Waals surface area contributed by atoms with E-state index in [1.807, 2.05) is 36.4 Å². The monoisotopic (exact) mass is 881 g/mol. The number of fused-ring (bicyclic) bond motifs is 11. The summed E-state index contributed by atoms with van der Waals surface area (Å²) in [5, 5.41) is 6.68. The van der Waals surface area contributed by atoms with Gasteiger partial charge in [0, 0.05) is 60.4 Å². The molecule has 0 amide bonds. The molecule has 0 bridgehead atoms. The highest BCUT2D eigenvalue weighted by Gasteiger charge is 2.26. The zero-order valence-electron chi connectivity index (χ0n) is 37.2. The third-order valence-corrected chi connectivity index (χ3v) is 13.6. The molecule has 0 unspecified atom stereocenters. The van der Waals surface area contributed by atoms with Crippen LogP contribution in [0.3, 0.4) is 0 Å². The van der Waals surface area contributed by atoms with Crippen molar-refractivity contribution in [1.29, 1.82) is 0 Å². The molecule has 0 atom stereocenters. The van der Waals surface area contributed by atoms with Gasteiger partial charge in [0.15, 0.2) is 23.1 Å². The molecule has 0 N–H and O–H groups in total. The maximum Gasteiger partial charge on any atom is 0.164 e. The van der Waals surface area contributed by atoms with Crippen LogP contribution in [0.4, 0.5) is 0 Å². The van der Waals surface area contributed by atoms with E-state index in [2.05, 4.69) is 209 Å². The number of furan rings is 1. The van der Waals surface area contributed by atoms with Crippen molar-refractivity contribution in [2.45, 2.75) is 0 Å². The van der Waals surface area contributed by atoms with Crippen LogP contribution >= 0.6 is 0 Å². The van der Waals surface area contributed by atoms with Crippen molar-refractivity contribution in [2.75, 3.05) is 0 Å². The van der Waals surface area contributed by atoms with Gasteiger partial charge >= 0.3 is 0 Å². The van der Waals surface area contributed by atoms with Gasteiger partial charge in [0.25, 0.3) is 0 Å². The van der Waals surface area contributed by atoms with E-state index in [-0.39, 0.29) is 0 Å². The Morgan fingerprint density at radius 1 is 0.304 bits per heavy atom.